The van der Waals surface area contributed by atoms with Gasteiger partial charge >= 0.3 is 12.1 Å². The predicted molar refractivity (Wildman–Crippen MR) is 94.4 cm³/mol. The van der Waals surface area contributed by atoms with Crippen LogP contribution in [-0.2, 0) is 0 Å². The molecule has 3 aromatic rings. The number of ether oxygens (including phenoxy) is 1. The fourth-order valence-corrected chi connectivity index (χ4v) is 2.55. The molecule has 0 bridgehead atoms. The number of benzene rings is 2. The zero-order valence-corrected chi connectivity index (χ0v) is 14.9. The average molecular weight is 429 g/mol. The molecule has 0 aliphatic heterocycles. The lowest BCUT2D eigenvalue weighted by molar-refractivity contribution is -0.289. The third-order valence-corrected chi connectivity index (χ3v) is 4.08. The van der Waals surface area contributed by atoms with Gasteiger partial charge in [-0.15, -0.1) is 0 Å². The number of primary amides is 1. The van der Waals surface area contributed by atoms with Gasteiger partial charge in [0.1, 0.15) is 17.3 Å². The molecule has 11 heteroatoms. The number of aromatic amines is 1. The van der Waals surface area contributed by atoms with E-state index in [1.54, 1.807) is 6.07 Å². The van der Waals surface area contributed by atoms with Crippen LogP contribution in [0.2, 0.25) is 0 Å². The summed E-state index contributed by atoms with van der Waals surface area (Å²) in [5, 5.41) is 6.36. The van der Waals surface area contributed by atoms with Gasteiger partial charge in [0, 0.05) is 11.1 Å². The van der Waals surface area contributed by atoms with E-state index < -0.39 is 30.4 Å². The van der Waals surface area contributed by atoms with Crippen LogP contribution in [0.5, 0.6) is 5.75 Å². The van der Waals surface area contributed by atoms with Crippen molar-refractivity contribution in [3.63, 3.8) is 0 Å². The number of H-pyrrole nitrogens is 1. The van der Waals surface area contributed by atoms with Crippen LogP contribution in [0.15, 0.2) is 48.5 Å². The minimum absolute atomic E-state index is 0.0412. The van der Waals surface area contributed by atoms with E-state index in [2.05, 4.69) is 10.2 Å². The molecule has 0 fully saturated rings. The number of alkyl halides is 5. The Hall–Kier alpha value is -3.50. The van der Waals surface area contributed by atoms with E-state index in [0.717, 1.165) is 18.2 Å². The minimum Gasteiger partial charge on any atom is -0.486 e. The first kappa shape index (κ1) is 21.2. The second-order valence-corrected chi connectivity index (χ2v) is 6.24. The number of nitrogens with one attached hydrogen (secondary N) is 1. The maximum atomic E-state index is 13.8. The van der Waals surface area contributed by atoms with E-state index in [0.29, 0.717) is 11.3 Å². The topological polar surface area (TPSA) is 81.0 Å². The molecular weight excluding hydrogens is 416 g/mol. The number of nitrogens with zero attached hydrogens (tertiary/aromatic N) is 1. The summed E-state index contributed by atoms with van der Waals surface area (Å²) in [6, 6.07) is 10.2. The lowest BCUT2D eigenvalue weighted by Gasteiger charge is -2.21. The Balaban J connectivity index is 1.96. The van der Waals surface area contributed by atoms with Crippen molar-refractivity contribution in [2.75, 3.05) is 6.61 Å². The summed E-state index contributed by atoms with van der Waals surface area (Å²) in [4.78, 5) is 11.2. The summed E-state index contributed by atoms with van der Waals surface area (Å²) in [7, 11) is 0. The van der Waals surface area contributed by atoms with Crippen molar-refractivity contribution >= 4 is 5.91 Å². The van der Waals surface area contributed by atoms with Crippen LogP contribution >= 0.6 is 0 Å². The number of amides is 1. The molecule has 1 aromatic heterocycles. The average Bonchev–Trinajstić information content (AvgIpc) is 3.17. The number of hydrogen-bond donors (Lipinski definition) is 2. The molecule has 3 N–H and O–H groups in total. The van der Waals surface area contributed by atoms with Gasteiger partial charge in [0.15, 0.2) is 6.61 Å². The fourth-order valence-electron chi connectivity index (χ4n) is 2.55. The largest absolute Gasteiger partial charge is 0.486 e. The van der Waals surface area contributed by atoms with Gasteiger partial charge in [0.2, 0.25) is 0 Å². The number of aromatic nitrogens is 2. The quantitative estimate of drug-likeness (QED) is 0.564. The van der Waals surface area contributed by atoms with Crippen molar-refractivity contribution in [3.8, 4) is 28.1 Å². The van der Waals surface area contributed by atoms with Gasteiger partial charge < -0.3 is 10.5 Å². The molecule has 0 atom stereocenters. The summed E-state index contributed by atoms with van der Waals surface area (Å²) in [6.45, 7) is -1.96. The molecule has 30 heavy (non-hydrogen) atoms. The first-order valence-electron chi connectivity index (χ1n) is 8.31. The molecule has 0 spiro atoms. The molecule has 0 aliphatic rings. The maximum Gasteiger partial charge on any atom is 0.456 e. The molecule has 0 saturated carbocycles. The van der Waals surface area contributed by atoms with E-state index >= 15 is 0 Å². The normalized spacial score (nSPS) is 12.1. The second-order valence-electron chi connectivity index (χ2n) is 6.24. The summed E-state index contributed by atoms with van der Waals surface area (Å²) in [5.41, 5.74) is 6.18. The van der Waals surface area contributed by atoms with E-state index in [4.69, 9.17) is 10.5 Å². The van der Waals surface area contributed by atoms with Gasteiger partial charge in [-0.1, -0.05) is 18.2 Å². The van der Waals surface area contributed by atoms with Crippen molar-refractivity contribution in [1.82, 2.24) is 10.2 Å². The van der Waals surface area contributed by atoms with Crippen molar-refractivity contribution in [2.45, 2.75) is 12.1 Å². The molecule has 2 aromatic carbocycles. The Bertz CT molecular complexity index is 1080. The summed E-state index contributed by atoms with van der Waals surface area (Å²) < 4.78 is 82.0. The molecule has 0 saturated heterocycles. The number of halogens is 6. The van der Waals surface area contributed by atoms with Crippen molar-refractivity contribution in [1.29, 1.82) is 0 Å². The first-order valence-corrected chi connectivity index (χ1v) is 8.31. The number of carbonyl (C=O) groups excluding carboxylic acids is 1. The summed E-state index contributed by atoms with van der Waals surface area (Å²) in [5.74, 6) is -6.93. The molecule has 0 aliphatic carbocycles. The highest BCUT2D eigenvalue weighted by molar-refractivity contribution is 5.92. The Kier molecular flexibility index (Phi) is 5.47. The zero-order chi connectivity index (χ0) is 22.1. The van der Waals surface area contributed by atoms with Crippen molar-refractivity contribution in [2.24, 2.45) is 5.73 Å². The Morgan fingerprint density at radius 3 is 2.37 bits per heavy atom. The number of hydrogen-bond acceptors (Lipinski definition) is 3. The standard InChI is InChI=1S/C19H13F6N3O2/c20-12-4-5-16(30-9-18(21,22)19(23,24)25)13(7-12)10-2-1-3-11(6-10)14-8-15(17(26)29)28-27-14/h1-8H,9H2,(H2,26,29)(H,27,28). The Morgan fingerprint density at radius 1 is 1.03 bits per heavy atom. The summed E-state index contributed by atoms with van der Waals surface area (Å²) >= 11 is 0. The van der Waals surface area contributed by atoms with Gasteiger partial charge in [0.05, 0.1) is 5.69 Å². The van der Waals surface area contributed by atoms with Gasteiger partial charge in [-0.25, -0.2) is 4.39 Å². The Labute approximate surface area is 165 Å². The monoisotopic (exact) mass is 429 g/mol. The summed E-state index contributed by atoms with van der Waals surface area (Å²) in [6.07, 6.45) is -5.79. The highest BCUT2D eigenvalue weighted by Gasteiger charge is 2.58. The Morgan fingerprint density at radius 2 is 1.73 bits per heavy atom. The SMILES string of the molecule is NC(=O)c1cc(-c2cccc(-c3cc(F)ccc3OCC(F)(F)C(F)(F)F)c2)n[nH]1. The zero-order valence-electron chi connectivity index (χ0n) is 14.9. The minimum atomic E-state index is -5.79. The molecular formula is C19H13F6N3O2. The highest BCUT2D eigenvalue weighted by atomic mass is 19.4. The van der Waals surface area contributed by atoms with Crippen LogP contribution in [0, 0.1) is 5.82 Å². The number of nitrogens with two attached hydrogens (primary N) is 1. The third-order valence-electron chi connectivity index (χ3n) is 4.08. The highest BCUT2D eigenvalue weighted by Crippen LogP contribution is 2.38. The molecule has 1 amide bonds. The van der Waals surface area contributed by atoms with Crippen LogP contribution in [0.4, 0.5) is 26.3 Å². The maximum absolute atomic E-state index is 13.8. The predicted octanol–water partition coefficient (Wildman–Crippen LogP) is 4.56. The third kappa shape index (κ3) is 4.39. The second kappa shape index (κ2) is 7.73. The van der Waals surface area contributed by atoms with Crippen LogP contribution in [0.25, 0.3) is 22.4 Å². The van der Waals surface area contributed by atoms with Crippen LogP contribution < -0.4 is 10.5 Å². The van der Waals surface area contributed by atoms with Crippen LogP contribution in [-0.4, -0.2) is 34.8 Å². The molecule has 1 heterocycles. The molecule has 158 valence electrons. The number of rotatable bonds is 6. The van der Waals surface area contributed by atoms with E-state index in [-0.39, 0.29) is 22.6 Å². The van der Waals surface area contributed by atoms with Crippen LogP contribution in [0.1, 0.15) is 10.5 Å². The molecule has 5 nitrogen and oxygen atoms in total. The van der Waals surface area contributed by atoms with Crippen molar-refractivity contribution < 1.29 is 35.9 Å². The van der Waals surface area contributed by atoms with Gasteiger partial charge in [-0.3, -0.25) is 9.89 Å². The smallest absolute Gasteiger partial charge is 0.456 e. The van der Waals surface area contributed by atoms with Gasteiger partial charge in [-0.05, 0) is 35.9 Å². The molecule has 0 radical (unpaired) electrons. The van der Waals surface area contributed by atoms with Gasteiger partial charge in [0.25, 0.3) is 5.91 Å². The fraction of sp³-hybridized carbons (Fsp3) is 0.158. The lowest BCUT2D eigenvalue weighted by atomic mass is 10.0. The van der Waals surface area contributed by atoms with E-state index in [9.17, 15) is 31.1 Å². The van der Waals surface area contributed by atoms with Crippen molar-refractivity contribution in [3.05, 3.63) is 60.0 Å². The molecule has 0 unspecified atom stereocenters. The first-order chi connectivity index (χ1) is 14.0. The number of carbonyl (C=O) groups is 1. The van der Waals surface area contributed by atoms with Gasteiger partial charge in [-0.2, -0.15) is 27.1 Å². The van der Waals surface area contributed by atoms with E-state index in [1.807, 2.05) is 0 Å². The lowest BCUT2D eigenvalue weighted by Crippen LogP contribution is -2.41. The van der Waals surface area contributed by atoms with Crippen LogP contribution in [0.3, 0.4) is 0 Å². The van der Waals surface area contributed by atoms with E-state index in [1.165, 1.54) is 24.3 Å². The molecule has 3 rings (SSSR count).